The number of imide groups is 1. The van der Waals surface area contributed by atoms with Gasteiger partial charge in [-0.3, -0.25) is 24.1 Å². The highest BCUT2D eigenvalue weighted by molar-refractivity contribution is 6.22. The monoisotopic (exact) mass is 330 g/mol. The van der Waals surface area contributed by atoms with Gasteiger partial charge in [-0.25, -0.2) is 0 Å². The Hall–Kier alpha value is -2.96. The maximum atomic E-state index is 12.2. The lowest BCUT2D eigenvalue weighted by Gasteiger charge is -2.09. The van der Waals surface area contributed by atoms with Crippen LogP contribution in [0.15, 0.2) is 30.9 Å². The van der Waals surface area contributed by atoms with Crippen LogP contribution in [0, 0.1) is 0 Å². The molecule has 0 aliphatic carbocycles. The van der Waals surface area contributed by atoms with Gasteiger partial charge >= 0.3 is 5.97 Å². The fourth-order valence-electron chi connectivity index (χ4n) is 2.37. The van der Waals surface area contributed by atoms with Crippen molar-refractivity contribution in [1.82, 2.24) is 10.2 Å². The molecule has 2 rings (SSSR count). The van der Waals surface area contributed by atoms with E-state index in [1.54, 1.807) is 0 Å². The lowest BCUT2D eigenvalue weighted by atomic mass is 10.1. The van der Waals surface area contributed by atoms with Crippen molar-refractivity contribution in [3.8, 4) is 0 Å². The Morgan fingerprint density at radius 3 is 2.62 bits per heavy atom. The third-order valence-electron chi connectivity index (χ3n) is 3.62. The van der Waals surface area contributed by atoms with Gasteiger partial charge in [0.15, 0.2) is 0 Å². The summed E-state index contributed by atoms with van der Waals surface area (Å²) in [7, 11) is 1.30. The molecule has 1 aromatic carbocycles. The van der Waals surface area contributed by atoms with Crippen LogP contribution in [0.3, 0.4) is 0 Å². The molecule has 0 saturated carbocycles. The Balaban J connectivity index is 2.03. The maximum absolute atomic E-state index is 12.2. The molecule has 0 unspecified atom stereocenters. The number of amides is 3. The summed E-state index contributed by atoms with van der Waals surface area (Å²) in [5.74, 6) is -1.53. The van der Waals surface area contributed by atoms with E-state index in [0.717, 1.165) is 4.90 Å². The van der Waals surface area contributed by atoms with Crippen LogP contribution in [0.5, 0.6) is 0 Å². The SMILES string of the molecule is C=CCN1C(=O)c2ccc(C(=O)NCCCC(=O)OC)cc2C1=O. The van der Waals surface area contributed by atoms with Crippen LogP contribution in [-0.2, 0) is 9.53 Å². The van der Waals surface area contributed by atoms with Crippen LogP contribution in [0.2, 0.25) is 0 Å². The highest BCUT2D eigenvalue weighted by Gasteiger charge is 2.35. The van der Waals surface area contributed by atoms with Gasteiger partial charge in [-0.15, -0.1) is 6.58 Å². The van der Waals surface area contributed by atoms with Gasteiger partial charge in [0.25, 0.3) is 17.7 Å². The Morgan fingerprint density at radius 1 is 1.25 bits per heavy atom. The third kappa shape index (κ3) is 3.51. The molecule has 1 aliphatic rings. The van der Waals surface area contributed by atoms with Gasteiger partial charge in [0, 0.05) is 25.1 Å². The van der Waals surface area contributed by atoms with Gasteiger partial charge in [0.2, 0.25) is 0 Å². The van der Waals surface area contributed by atoms with Crippen molar-refractivity contribution in [1.29, 1.82) is 0 Å². The summed E-state index contributed by atoms with van der Waals surface area (Å²) >= 11 is 0. The molecule has 3 amide bonds. The molecule has 0 bridgehead atoms. The van der Waals surface area contributed by atoms with Crippen molar-refractivity contribution in [2.75, 3.05) is 20.2 Å². The van der Waals surface area contributed by atoms with E-state index in [2.05, 4.69) is 16.6 Å². The number of nitrogens with zero attached hydrogens (tertiary/aromatic N) is 1. The average Bonchev–Trinajstić information content (AvgIpc) is 2.83. The summed E-state index contributed by atoms with van der Waals surface area (Å²) in [5.41, 5.74) is 0.779. The van der Waals surface area contributed by atoms with Crippen molar-refractivity contribution in [3.05, 3.63) is 47.5 Å². The highest BCUT2D eigenvalue weighted by atomic mass is 16.5. The lowest BCUT2D eigenvalue weighted by molar-refractivity contribution is -0.140. The van der Waals surface area contributed by atoms with E-state index >= 15 is 0 Å². The van der Waals surface area contributed by atoms with Crippen molar-refractivity contribution in [3.63, 3.8) is 0 Å². The Morgan fingerprint density at radius 2 is 1.96 bits per heavy atom. The lowest BCUT2D eigenvalue weighted by Crippen LogP contribution is -2.29. The molecule has 0 atom stereocenters. The van der Waals surface area contributed by atoms with Crippen LogP contribution in [-0.4, -0.2) is 48.8 Å². The predicted octanol–water partition coefficient (Wildman–Crippen LogP) is 1.15. The zero-order valence-electron chi connectivity index (χ0n) is 13.3. The first-order chi connectivity index (χ1) is 11.5. The van der Waals surface area contributed by atoms with Crippen LogP contribution >= 0.6 is 0 Å². The van der Waals surface area contributed by atoms with Crippen LogP contribution in [0.1, 0.15) is 43.9 Å². The standard InChI is InChI=1S/C17H18N2O5/c1-3-9-19-16(22)12-7-6-11(10-13(12)17(19)23)15(21)18-8-4-5-14(20)24-2/h3,6-7,10H,1,4-5,8-9H2,2H3,(H,18,21). The molecule has 1 N–H and O–H groups in total. The van der Waals surface area contributed by atoms with E-state index < -0.39 is 5.91 Å². The minimum atomic E-state index is -0.435. The zero-order chi connectivity index (χ0) is 17.7. The fraction of sp³-hybridized carbons (Fsp3) is 0.294. The molecule has 0 radical (unpaired) electrons. The Labute approximate surface area is 139 Å². The van der Waals surface area contributed by atoms with Crippen LogP contribution in [0.25, 0.3) is 0 Å². The molecule has 0 aromatic heterocycles. The van der Waals surface area contributed by atoms with Crippen molar-refractivity contribution < 1.29 is 23.9 Å². The van der Waals surface area contributed by atoms with Crippen LogP contribution in [0.4, 0.5) is 0 Å². The second-order valence-corrected chi connectivity index (χ2v) is 5.21. The molecular weight excluding hydrogens is 312 g/mol. The van der Waals surface area contributed by atoms with E-state index in [9.17, 15) is 19.2 Å². The quantitative estimate of drug-likeness (QED) is 0.350. The number of esters is 1. The number of ether oxygens (including phenoxy) is 1. The molecule has 1 heterocycles. The molecule has 24 heavy (non-hydrogen) atoms. The number of nitrogens with one attached hydrogen (secondary N) is 1. The summed E-state index contributed by atoms with van der Waals surface area (Å²) < 4.78 is 4.51. The normalized spacial score (nSPS) is 12.8. The second kappa shape index (κ2) is 7.54. The average molecular weight is 330 g/mol. The molecular formula is C17H18N2O5. The topological polar surface area (TPSA) is 92.8 Å². The smallest absolute Gasteiger partial charge is 0.305 e. The summed E-state index contributed by atoms with van der Waals surface area (Å²) in [4.78, 5) is 48.5. The molecule has 1 aromatic rings. The van der Waals surface area contributed by atoms with Gasteiger partial charge < -0.3 is 10.1 Å². The minimum Gasteiger partial charge on any atom is -0.469 e. The summed E-state index contributed by atoms with van der Waals surface area (Å²) in [6.45, 7) is 3.95. The number of carbonyl (C=O) groups is 4. The van der Waals surface area contributed by atoms with E-state index in [1.165, 1.54) is 31.4 Å². The number of fused-ring (bicyclic) bond motifs is 1. The van der Waals surface area contributed by atoms with E-state index in [1.807, 2.05) is 0 Å². The molecule has 1 aliphatic heterocycles. The third-order valence-corrected chi connectivity index (χ3v) is 3.62. The summed E-state index contributed by atoms with van der Waals surface area (Å²) in [6.07, 6.45) is 2.13. The molecule has 0 fully saturated rings. The van der Waals surface area contributed by atoms with Gasteiger partial charge in [-0.05, 0) is 24.6 Å². The summed E-state index contributed by atoms with van der Waals surface area (Å²) in [6, 6.07) is 4.38. The number of methoxy groups -OCH3 is 1. The largest absolute Gasteiger partial charge is 0.469 e. The number of hydrogen-bond donors (Lipinski definition) is 1. The Bertz CT molecular complexity index is 711. The number of carbonyl (C=O) groups excluding carboxylic acids is 4. The number of benzene rings is 1. The first kappa shape index (κ1) is 17.4. The predicted molar refractivity (Wildman–Crippen MR) is 85.6 cm³/mol. The van der Waals surface area contributed by atoms with Gasteiger partial charge in [-0.2, -0.15) is 0 Å². The second-order valence-electron chi connectivity index (χ2n) is 5.21. The maximum Gasteiger partial charge on any atom is 0.305 e. The molecule has 0 saturated heterocycles. The van der Waals surface area contributed by atoms with Gasteiger partial charge in [-0.1, -0.05) is 6.08 Å². The highest BCUT2D eigenvalue weighted by Crippen LogP contribution is 2.23. The molecule has 126 valence electrons. The van der Waals surface area contributed by atoms with E-state index in [-0.39, 0.29) is 47.4 Å². The fourth-order valence-corrected chi connectivity index (χ4v) is 2.37. The number of hydrogen-bond acceptors (Lipinski definition) is 5. The van der Waals surface area contributed by atoms with Crippen LogP contribution < -0.4 is 5.32 Å². The molecule has 7 nitrogen and oxygen atoms in total. The van der Waals surface area contributed by atoms with E-state index in [4.69, 9.17) is 0 Å². The Kier molecular flexibility index (Phi) is 5.47. The zero-order valence-corrected chi connectivity index (χ0v) is 13.3. The first-order valence-corrected chi connectivity index (χ1v) is 7.45. The molecule has 0 spiro atoms. The minimum absolute atomic E-state index is 0.126. The van der Waals surface area contributed by atoms with Crippen molar-refractivity contribution in [2.24, 2.45) is 0 Å². The van der Waals surface area contributed by atoms with Crippen molar-refractivity contribution in [2.45, 2.75) is 12.8 Å². The number of rotatable bonds is 7. The van der Waals surface area contributed by atoms with Gasteiger partial charge in [0.1, 0.15) is 0 Å². The van der Waals surface area contributed by atoms with E-state index in [0.29, 0.717) is 13.0 Å². The molecule has 7 heteroatoms. The van der Waals surface area contributed by atoms with Gasteiger partial charge in [0.05, 0.1) is 18.2 Å². The summed E-state index contributed by atoms with van der Waals surface area (Å²) in [5, 5.41) is 2.66. The van der Waals surface area contributed by atoms with Crippen molar-refractivity contribution >= 4 is 23.7 Å². The first-order valence-electron chi connectivity index (χ1n) is 7.45.